The van der Waals surface area contributed by atoms with Crippen molar-refractivity contribution in [2.45, 2.75) is 36.7 Å². The summed E-state index contributed by atoms with van der Waals surface area (Å²) in [6, 6.07) is 6.27. The summed E-state index contributed by atoms with van der Waals surface area (Å²) in [6.07, 6.45) is 3.99. The number of carbonyl (C=O) groups is 1. The van der Waals surface area contributed by atoms with Crippen LogP contribution in [0.3, 0.4) is 0 Å². The Hall–Kier alpha value is -1.48. The molecule has 0 saturated carbocycles. The van der Waals surface area contributed by atoms with Gasteiger partial charge in [-0.15, -0.1) is 0 Å². The normalized spacial score (nSPS) is 21.5. The molecule has 2 fully saturated rings. The summed E-state index contributed by atoms with van der Waals surface area (Å²) in [4.78, 5) is 14.4. The Balaban J connectivity index is 1.61. The van der Waals surface area contributed by atoms with E-state index in [0.717, 1.165) is 39.0 Å². The van der Waals surface area contributed by atoms with Crippen LogP contribution in [-0.4, -0.2) is 64.7 Å². The van der Waals surface area contributed by atoms with Gasteiger partial charge in [0.15, 0.2) is 0 Å². The van der Waals surface area contributed by atoms with Crippen LogP contribution in [0, 0.1) is 0 Å². The summed E-state index contributed by atoms with van der Waals surface area (Å²) in [7, 11) is -3.64. The van der Waals surface area contributed by atoms with Crippen LogP contribution in [-0.2, 0) is 14.8 Å². The zero-order valence-corrected chi connectivity index (χ0v) is 15.8. The van der Waals surface area contributed by atoms with Gasteiger partial charge in [0, 0.05) is 44.9 Å². The number of sulfonamides is 1. The van der Waals surface area contributed by atoms with Crippen molar-refractivity contribution in [3.05, 3.63) is 29.8 Å². The lowest BCUT2D eigenvalue weighted by Crippen LogP contribution is -2.46. The molecule has 1 aromatic rings. The largest absolute Gasteiger partial charge is 0.378 e. The van der Waals surface area contributed by atoms with Crippen molar-refractivity contribution in [3.8, 4) is 0 Å². The molecular formula is C18H27N3O4S. The van der Waals surface area contributed by atoms with Crippen LogP contribution in [0.4, 0.5) is 0 Å². The highest BCUT2D eigenvalue weighted by Crippen LogP contribution is 2.17. The highest BCUT2D eigenvalue weighted by atomic mass is 32.2. The van der Waals surface area contributed by atoms with Gasteiger partial charge in [0.05, 0.1) is 11.0 Å². The Morgan fingerprint density at radius 1 is 1.27 bits per heavy atom. The van der Waals surface area contributed by atoms with Crippen LogP contribution in [0.15, 0.2) is 29.2 Å². The Bertz CT molecular complexity index is 711. The van der Waals surface area contributed by atoms with Crippen molar-refractivity contribution in [2.75, 3.05) is 39.3 Å². The number of hydrogen-bond acceptors (Lipinski definition) is 5. The average Bonchev–Trinajstić information content (AvgIpc) is 2.69. The van der Waals surface area contributed by atoms with E-state index in [-0.39, 0.29) is 16.9 Å². The monoisotopic (exact) mass is 381 g/mol. The maximum absolute atomic E-state index is 12.6. The van der Waals surface area contributed by atoms with Crippen molar-refractivity contribution in [3.63, 3.8) is 0 Å². The van der Waals surface area contributed by atoms with E-state index < -0.39 is 10.0 Å². The maximum atomic E-state index is 12.6. The van der Waals surface area contributed by atoms with Crippen molar-refractivity contribution >= 4 is 15.9 Å². The third kappa shape index (κ3) is 5.03. The van der Waals surface area contributed by atoms with Crippen molar-refractivity contribution < 1.29 is 17.9 Å². The lowest BCUT2D eigenvalue weighted by Gasteiger charge is -2.27. The number of benzene rings is 1. The third-order valence-electron chi connectivity index (χ3n) is 4.83. The van der Waals surface area contributed by atoms with Gasteiger partial charge in [0.2, 0.25) is 10.0 Å². The maximum Gasteiger partial charge on any atom is 0.253 e. The minimum Gasteiger partial charge on any atom is -0.378 e. The minimum absolute atomic E-state index is 0.126. The molecule has 2 N–H and O–H groups in total. The molecule has 3 rings (SSSR count). The molecule has 26 heavy (non-hydrogen) atoms. The van der Waals surface area contributed by atoms with E-state index in [9.17, 15) is 13.2 Å². The van der Waals surface area contributed by atoms with E-state index in [1.165, 1.54) is 12.1 Å². The van der Waals surface area contributed by atoms with Gasteiger partial charge in [-0.1, -0.05) is 6.07 Å². The summed E-state index contributed by atoms with van der Waals surface area (Å²) in [5.74, 6) is -0.126. The van der Waals surface area contributed by atoms with Crippen LogP contribution in [0.1, 0.15) is 36.0 Å². The van der Waals surface area contributed by atoms with Gasteiger partial charge in [-0.25, -0.2) is 13.1 Å². The fourth-order valence-corrected chi connectivity index (χ4v) is 4.41. The highest BCUT2D eigenvalue weighted by molar-refractivity contribution is 7.89. The van der Waals surface area contributed by atoms with E-state index >= 15 is 0 Å². The van der Waals surface area contributed by atoms with E-state index in [0.29, 0.717) is 31.6 Å². The summed E-state index contributed by atoms with van der Waals surface area (Å²) >= 11 is 0. The Kier molecular flexibility index (Phi) is 6.63. The van der Waals surface area contributed by atoms with Gasteiger partial charge in [-0.05, 0) is 43.9 Å². The van der Waals surface area contributed by atoms with Gasteiger partial charge in [-0.3, -0.25) is 4.79 Å². The fraction of sp³-hybridized carbons (Fsp3) is 0.611. The van der Waals surface area contributed by atoms with E-state index in [1.807, 2.05) is 0 Å². The van der Waals surface area contributed by atoms with Crippen LogP contribution in [0.5, 0.6) is 0 Å². The van der Waals surface area contributed by atoms with Gasteiger partial charge in [-0.2, -0.15) is 0 Å². The zero-order chi connectivity index (χ0) is 18.4. The molecule has 1 aromatic carbocycles. The summed E-state index contributed by atoms with van der Waals surface area (Å²) < 4.78 is 33.3. The smallest absolute Gasteiger partial charge is 0.253 e. The number of rotatable bonds is 6. The summed E-state index contributed by atoms with van der Waals surface area (Å²) in [6.45, 7) is 3.88. The van der Waals surface area contributed by atoms with E-state index in [2.05, 4.69) is 10.0 Å². The fourth-order valence-electron chi connectivity index (χ4n) is 3.32. The lowest BCUT2D eigenvalue weighted by molar-refractivity contribution is 0.0123. The number of amides is 1. The van der Waals surface area contributed by atoms with Crippen LogP contribution >= 0.6 is 0 Å². The number of ether oxygens (including phenoxy) is 1. The van der Waals surface area contributed by atoms with Crippen molar-refractivity contribution in [1.82, 2.24) is 14.9 Å². The van der Waals surface area contributed by atoms with Gasteiger partial charge >= 0.3 is 0 Å². The first-order valence-corrected chi connectivity index (χ1v) is 10.8. The van der Waals surface area contributed by atoms with Crippen LogP contribution < -0.4 is 10.0 Å². The first kappa shape index (κ1) is 19.3. The first-order chi connectivity index (χ1) is 12.6. The molecular weight excluding hydrogens is 354 g/mol. The molecule has 7 nitrogen and oxygen atoms in total. The number of nitrogens with zero attached hydrogens (tertiary/aromatic N) is 1. The second-order valence-electron chi connectivity index (χ2n) is 6.75. The molecule has 2 saturated heterocycles. The van der Waals surface area contributed by atoms with Gasteiger partial charge in [0.1, 0.15) is 0 Å². The van der Waals surface area contributed by atoms with Gasteiger partial charge in [0.25, 0.3) is 5.91 Å². The van der Waals surface area contributed by atoms with Crippen LogP contribution in [0.2, 0.25) is 0 Å². The average molecular weight is 381 g/mol. The van der Waals surface area contributed by atoms with Crippen LogP contribution in [0.25, 0.3) is 0 Å². The molecule has 0 bridgehead atoms. The molecule has 8 heteroatoms. The van der Waals surface area contributed by atoms with Gasteiger partial charge < -0.3 is 15.0 Å². The molecule has 2 aliphatic rings. The molecule has 2 heterocycles. The number of nitrogens with one attached hydrogen (secondary N) is 2. The molecule has 0 spiro atoms. The summed E-state index contributed by atoms with van der Waals surface area (Å²) in [5.41, 5.74) is 0.408. The molecule has 0 aromatic heterocycles. The second kappa shape index (κ2) is 8.94. The standard InChI is InChI=1S/C18H27N3O4S/c22-18(21-11-9-19-10-12-21)15-4-3-6-17(14-15)26(23,24)20-8-7-16-5-1-2-13-25-16/h3-4,6,14,16,19-20H,1-2,5,7-13H2/t16-/m1/s1. The molecule has 2 aliphatic heterocycles. The Morgan fingerprint density at radius 2 is 2.08 bits per heavy atom. The van der Waals surface area contributed by atoms with Crippen molar-refractivity contribution in [2.24, 2.45) is 0 Å². The zero-order valence-electron chi connectivity index (χ0n) is 14.9. The highest BCUT2D eigenvalue weighted by Gasteiger charge is 2.21. The minimum atomic E-state index is -3.64. The van der Waals surface area contributed by atoms with Crippen molar-refractivity contribution in [1.29, 1.82) is 0 Å². The molecule has 0 unspecified atom stereocenters. The third-order valence-corrected chi connectivity index (χ3v) is 6.29. The quantitative estimate of drug-likeness (QED) is 0.767. The molecule has 1 atom stereocenters. The number of carbonyl (C=O) groups excluding carboxylic acids is 1. The molecule has 144 valence electrons. The Morgan fingerprint density at radius 3 is 2.81 bits per heavy atom. The van der Waals surface area contributed by atoms with E-state index in [1.54, 1.807) is 17.0 Å². The number of hydrogen-bond donors (Lipinski definition) is 2. The number of piperazine rings is 1. The predicted molar refractivity (Wildman–Crippen MR) is 98.6 cm³/mol. The molecule has 1 amide bonds. The Labute approximate surface area is 155 Å². The SMILES string of the molecule is O=C(c1cccc(S(=O)(=O)NCC[C@H]2CCCCO2)c1)N1CCNCC1. The first-order valence-electron chi connectivity index (χ1n) is 9.27. The lowest BCUT2D eigenvalue weighted by atomic mass is 10.1. The summed E-state index contributed by atoms with van der Waals surface area (Å²) in [5, 5.41) is 3.20. The second-order valence-corrected chi connectivity index (χ2v) is 8.51. The topological polar surface area (TPSA) is 87.7 Å². The molecule has 0 aliphatic carbocycles. The van der Waals surface area contributed by atoms with E-state index in [4.69, 9.17) is 4.74 Å². The molecule has 0 radical (unpaired) electrons. The predicted octanol–water partition coefficient (Wildman–Crippen LogP) is 0.970.